The van der Waals surface area contributed by atoms with Crippen LogP contribution in [-0.2, 0) is 6.61 Å². The highest BCUT2D eigenvalue weighted by atomic mass is 16.5. The molecule has 1 fully saturated rings. The number of ether oxygens (including phenoxy) is 1. The van der Waals surface area contributed by atoms with Crippen LogP contribution in [0.3, 0.4) is 0 Å². The molecule has 1 N–H and O–H groups in total. The number of hydrogen-bond acceptors (Lipinski definition) is 8. The van der Waals surface area contributed by atoms with Crippen LogP contribution in [0.4, 0.5) is 10.6 Å². The van der Waals surface area contributed by atoms with Gasteiger partial charge in [0, 0.05) is 73.5 Å². The molecule has 1 amide bonds. The number of pyridine rings is 3. The van der Waals surface area contributed by atoms with Crippen LogP contribution in [0.5, 0.6) is 5.88 Å². The Labute approximate surface area is 240 Å². The van der Waals surface area contributed by atoms with E-state index in [0.29, 0.717) is 37.7 Å². The van der Waals surface area contributed by atoms with E-state index in [1.165, 1.54) is 4.90 Å². The van der Waals surface area contributed by atoms with Gasteiger partial charge in [-0.25, -0.2) is 19.7 Å². The van der Waals surface area contributed by atoms with Gasteiger partial charge in [0.25, 0.3) is 0 Å². The number of hydrogen-bond donors (Lipinski definition) is 1. The van der Waals surface area contributed by atoms with E-state index in [4.69, 9.17) is 19.7 Å². The highest BCUT2D eigenvalue weighted by Crippen LogP contribution is 2.28. The Hall–Kier alpha value is -5.58. The van der Waals surface area contributed by atoms with Gasteiger partial charge in [0.1, 0.15) is 18.1 Å². The molecule has 6 heterocycles. The molecule has 0 radical (unpaired) electrons. The molecule has 5 aromatic heterocycles. The third kappa shape index (κ3) is 4.92. The fraction of sp³-hybridized carbons (Fsp3) is 0.161. The molecule has 0 bridgehead atoms. The molecular formula is C31H26N8O3. The third-order valence-corrected chi connectivity index (χ3v) is 7.36. The molecule has 0 atom stereocenters. The molecule has 0 unspecified atom stereocenters. The largest absolute Gasteiger partial charge is 0.471 e. The van der Waals surface area contributed by atoms with Gasteiger partial charge < -0.3 is 19.6 Å². The maximum atomic E-state index is 11.2. The zero-order valence-electron chi connectivity index (χ0n) is 22.5. The van der Waals surface area contributed by atoms with Crippen LogP contribution in [0.2, 0.25) is 0 Å². The maximum Gasteiger partial charge on any atom is 0.407 e. The number of piperazine rings is 1. The number of carbonyl (C=O) groups is 1. The standard InChI is InChI=1S/C31H26N8O3/c40-31(41)38-15-13-37(14-16-38)27-7-5-23(17-33-27)26-18-34-29(22-9-11-32-12-10-22)30-35-24(19-39(26)30)20-42-28-8-6-21-3-1-2-4-25(21)36-28/h1-12,17-19H,13-16,20H2,(H,40,41). The Balaban J connectivity index is 1.19. The van der Waals surface area contributed by atoms with Gasteiger partial charge in [-0.2, -0.15) is 0 Å². The number of nitrogens with zero attached hydrogens (tertiary/aromatic N) is 8. The summed E-state index contributed by atoms with van der Waals surface area (Å²) in [4.78, 5) is 37.9. The normalized spacial score (nSPS) is 13.5. The van der Waals surface area contributed by atoms with Crippen molar-refractivity contribution in [2.45, 2.75) is 6.61 Å². The van der Waals surface area contributed by atoms with E-state index in [-0.39, 0.29) is 6.61 Å². The van der Waals surface area contributed by atoms with Gasteiger partial charge in [0.05, 0.1) is 23.1 Å². The first-order valence-corrected chi connectivity index (χ1v) is 13.6. The van der Waals surface area contributed by atoms with Crippen LogP contribution >= 0.6 is 0 Å². The minimum atomic E-state index is -0.886. The molecule has 1 aliphatic rings. The summed E-state index contributed by atoms with van der Waals surface area (Å²) >= 11 is 0. The number of imidazole rings is 1. The molecule has 7 rings (SSSR count). The summed E-state index contributed by atoms with van der Waals surface area (Å²) in [6.45, 7) is 2.34. The molecule has 208 valence electrons. The molecule has 0 spiro atoms. The van der Waals surface area contributed by atoms with Crippen LogP contribution in [0, 0.1) is 0 Å². The van der Waals surface area contributed by atoms with Gasteiger partial charge >= 0.3 is 6.09 Å². The van der Waals surface area contributed by atoms with Crippen LogP contribution in [0.15, 0.2) is 91.6 Å². The number of aromatic nitrogens is 6. The Bertz CT molecular complexity index is 1880. The lowest BCUT2D eigenvalue weighted by Crippen LogP contribution is -2.48. The molecule has 6 aromatic rings. The Morgan fingerprint density at radius 2 is 1.69 bits per heavy atom. The Morgan fingerprint density at radius 1 is 0.857 bits per heavy atom. The predicted molar refractivity (Wildman–Crippen MR) is 157 cm³/mol. The molecular weight excluding hydrogens is 532 g/mol. The van der Waals surface area contributed by atoms with Gasteiger partial charge in [-0.3, -0.25) is 14.4 Å². The Morgan fingerprint density at radius 3 is 2.48 bits per heavy atom. The zero-order valence-corrected chi connectivity index (χ0v) is 22.5. The van der Waals surface area contributed by atoms with Crippen LogP contribution in [0.1, 0.15) is 5.69 Å². The molecule has 1 aromatic carbocycles. The number of fused-ring (bicyclic) bond motifs is 2. The molecule has 1 aliphatic heterocycles. The summed E-state index contributed by atoms with van der Waals surface area (Å²) in [6.07, 6.45) is 8.18. The highest BCUT2D eigenvalue weighted by molar-refractivity contribution is 5.79. The van der Waals surface area contributed by atoms with E-state index < -0.39 is 6.09 Å². The van der Waals surface area contributed by atoms with E-state index in [0.717, 1.165) is 44.9 Å². The van der Waals surface area contributed by atoms with E-state index in [2.05, 4.69) is 14.9 Å². The molecule has 0 saturated carbocycles. The Kier molecular flexibility index (Phi) is 6.51. The van der Waals surface area contributed by atoms with E-state index >= 15 is 0 Å². The van der Waals surface area contributed by atoms with E-state index in [1.54, 1.807) is 12.4 Å². The van der Waals surface area contributed by atoms with Gasteiger partial charge in [-0.15, -0.1) is 0 Å². The lowest BCUT2D eigenvalue weighted by Gasteiger charge is -2.33. The van der Waals surface area contributed by atoms with Gasteiger partial charge in [0.2, 0.25) is 5.88 Å². The first-order chi connectivity index (χ1) is 20.6. The molecule has 0 aliphatic carbocycles. The number of amides is 1. The fourth-order valence-corrected chi connectivity index (χ4v) is 5.15. The van der Waals surface area contributed by atoms with Crippen LogP contribution in [0.25, 0.3) is 39.1 Å². The summed E-state index contributed by atoms with van der Waals surface area (Å²) in [5.41, 5.74) is 5.65. The zero-order chi connectivity index (χ0) is 28.5. The topological polar surface area (TPSA) is 122 Å². The first kappa shape index (κ1) is 25.4. The van der Waals surface area contributed by atoms with E-state index in [9.17, 15) is 9.90 Å². The van der Waals surface area contributed by atoms with E-state index in [1.807, 2.05) is 83.7 Å². The summed E-state index contributed by atoms with van der Waals surface area (Å²) in [5, 5.41) is 10.3. The van der Waals surface area contributed by atoms with Crippen molar-refractivity contribution in [2.75, 3.05) is 31.1 Å². The summed E-state index contributed by atoms with van der Waals surface area (Å²) < 4.78 is 8.06. The highest BCUT2D eigenvalue weighted by Gasteiger charge is 2.21. The monoisotopic (exact) mass is 558 g/mol. The van der Waals surface area contributed by atoms with Crippen molar-refractivity contribution in [3.63, 3.8) is 0 Å². The number of carboxylic acid groups (broad SMARTS) is 1. The SMILES string of the molecule is O=C(O)N1CCN(c2ccc(-c3cnc(-c4ccncc4)c4nc(COc5ccc6ccccc6n5)cn34)cn2)CC1. The van der Waals surface area contributed by atoms with Gasteiger partial charge in [-0.05, 0) is 36.4 Å². The summed E-state index contributed by atoms with van der Waals surface area (Å²) in [6, 6.07) is 19.6. The second-order valence-electron chi connectivity index (χ2n) is 9.95. The molecule has 42 heavy (non-hydrogen) atoms. The number of anilines is 1. The van der Waals surface area contributed by atoms with Crippen molar-refractivity contribution in [2.24, 2.45) is 0 Å². The second-order valence-corrected chi connectivity index (χ2v) is 9.95. The van der Waals surface area contributed by atoms with Crippen LogP contribution in [-0.4, -0.2) is 71.6 Å². The van der Waals surface area contributed by atoms with Crippen molar-refractivity contribution < 1.29 is 14.6 Å². The average Bonchev–Trinajstić information content (AvgIpc) is 3.48. The minimum absolute atomic E-state index is 0.238. The predicted octanol–water partition coefficient (Wildman–Crippen LogP) is 4.78. The third-order valence-electron chi connectivity index (χ3n) is 7.36. The molecule has 11 nitrogen and oxygen atoms in total. The fourth-order valence-electron chi connectivity index (χ4n) is 5.15. The second kappa shape index (κ2) is 10.8. The molecule has 1 saturated heterocycles. The van der Waals surface area contributed by atoms with Crippen molar-refractivity contribution >= 4 is 28.5 Å². The average molecular weight is 559 g/mol. The van der Waals surface area contributed by atoms with Crippen molar-refractivity contribution in [1.82, 2.24) is 34.2 Å². The quantitative estimate of drug-likeness (QED) is 0.308. The first-order valence-electron chi connectivity index (χ1n) is 13.6. The minimum Gasteiger partial charge on any atom is -0.471 e. The summed E-state index contributed by atoms with van der Waals surface area (Å²) in [7, 11) is 0. The number of benzene rings is 1. The van der Waals surface area contributed by atoms with Gasteiger partial charge in [-0.1, -0.05) is 18.2 Å². The maximum absolute atomic E-state index is 11.2. The number of rotatable bonds is 6. The van der Waals surface area contributed by atoms with Crippen molar-refractivity contribution in [3.05, 3.63) is 97.3 Å². The van der Waals surface area contributed by atoms with Crippen molar-refractivity contribution in [3.8, 4) is 28.4 Å². The van der Waals surface area contributed by atoms with Crippen molar-refractivity contribution in [1.29, 1.82) is 0 Å². The smallest absolute Gasteiger partial charge is 0.407 e. The molecule has 11 heteroatoms. The lowest BCUT2D eigenvalue weighted by molar-refractivity contribution is 0.142. The lowest BCUT2D eigenvalue weighted by atomic mass is 10.1. The number of para-hydroxylation sites is 1. The van der Waals surface area contributed by atoms with Crippen LogP contribution < -0.4 is 9.64 Å². The summed E-state index contributed by atoms with van der Waals surface area (Å²) in [5.74, 6) is 1.34. The van der Waals surface area contributed by atoms with Gasteiger partial charge in [0.15, 0.2) is 5.65 Å².